The zero-order valence-electron chi connectivity index (χ0n) is 19.4. The lowest BCUT2D eigenvalue weighted by Crippen LogP contribution is -2.41. The summed E-state index contributed by atoms with van der Waals surface area (Å²) in [4.78, 5) is 29.8. The number of likely N-dealkylation sites (tertiary alicyclic amines) is 1. The number of rotatable bonds is 5. The van der Waals surface area contributed by atoms with Crippen LogP contribution in [0.25, 0.3) is 0 Å². The smallest absolute Gasteiger partial charge is 0.313 e. The predicted octanol–water partition coefficient (Wildman–Crippen LogP) is 3.58. The van der Waals surface area contributed by atoms with Gasteiger partial charge in [-0.1, -0.05) is 18.2 Å². The van der Waals surface area contributed by atoms with Crippen molar-refractivity contribution in [2.75, 3.05) is 43.4 Å². The van der Waals surface area contributed by atoms with Gasteiger partial charge in [-0.15, -0.1) is 0 Å². The molecule has 0 radical (unpaired) electrons. The number of amides is 2. The van der Waals surface area contributed by atoms with Gasteiger partial charge in [0.15, 0.2) is 0 Å². The lowest BCUT2D eigenvalue weighted by molar-refractivity contribution is -0.136. The van der Waals surface area contributed by atoms with Gasteiger partial charge in [-0.05, 0) is 93.1 Å². The van der Waals surface area contributed by atoms with Gasteiger partial charge in [-0.3, -0.25) is 14.5 Å². The largest absolute Gasteiger partial charge is 0.374 e. The number of hydrogen-bond donors (Lipinski definition) is 2. The first-order valence-electron chi connectivity index (χ1n) is 11.7. The van der Waals surface area contributed by atoms with E-state index in [1.807, 2.05) is 32.0 Å². The summed E-state index contributed by atoms with van der Waals surface area (Å²) in [6.07, 6.45) is 4.60. The quantitative estimate of drug-likeness (QED) is 0.706. The fourth-order valence-corrected chi connectivity index (χ4v) is 5.03. The Morgan fingerprint density at radius 3 is 2.38 bits per heavy atom. The van der Waals surface area contributed by atoms with Crippen molar-refractivity contribution in [3.63, 3.8) is 0 Å². The lowest BCUT2D eigenvalue weighted by Gasteiger charge is -2.31. The van der Waals surface area contributed by atoms with Crippen LogP contribution in [0, 0.1) is 13.8 Å². The molecule has 0 aromatic heterocycles. The Morgan fingerprint density at radius 1 is 0.938 bits per heavy atom. The number of fused-ring (bicyclic) bond motifs is 1. The van der Waals surface area contributed by atoms with Crippen molar-refractivity contribution in [1.29, 1.82) is 0 Å². The number of aryl methyl sites for hydroxylation is 3. The fraction of sp³-hybridized carbons (Fsp3) is 0.462. The topological polar surface area (TPSA) is 64.7 Å². The summed E-state index contributed by atoms with van der Waals surface area (Å²) in [5.74, 6) is -1.21. The molecule has 0 saturated carbocycles. The Labute approximate surface area is 191 Å². The van der Waals surface area contributed by atoms with Gasteiger partial charge in [-0.2, -0.15) is 0 Å². The third-order valence-electron chi connectivity index (χ3n) is 6.56. The van der Waals surface area contributed by atoms with Crippen LogP contribution in [0.3, 0.4) is 0 Å². The molecule has 1 unspecified atom stereocenters. The molecule has 4 rings (SSSR count). The second-order valence-electron chi connectivity index (χ2n) is 9.21. The van der Waals surface area contributed by atoms with Gasteiger partial charge < -0.3 is 15.5 Å². The SMILES string of the molecule is Cc1cc(C)cc(NC(=O)C(=O)NCC(c2ccc3c(c2)CCCN3C)N2CCCC2)c1. The maximum Gasteiger partial charge on any atom is 0.313 e. The van der Waals surface area contributed by atoms with Crippen molar-refractivity contribution in [2.45, 2.75) is 45.6 Å². The summed E-state index contributed by atoms with van der Waals surface area (Å²) in [5, 5.41) is 5.63. The van der Waals surface area contributed by atoms with E-state index in [0.29, 0.717) is 12.2 Å². The second kappa shape index (κ2) is 9.74. The third kappa shape index (κ3) is 5.13. The van der Waals surface area contributed by atoms with Crippen LogP contribution < -0.4 is 15.5 Å². The Kier molecular flexibility index (Phi) is 6.80. The van der Waals surface area contributed by atoms with E-state index in [1.54, 1.807) is 0 Å². The van der Waals surface area contributed by atoms with Gasteiger partial charge in [-0.25, -0.2) is 0 Å². The number of anilines is 2. The van der Waals surface area contributed by atoms with Crippen molar-refractivity contribution in [3.05, 3.63) is 58.7 Å². The van der Waals surface area contributed by atoms with E-state index in [2.05, 4.69) is 45.7 Å². The molecule has 1 atom stereocenters. The fourth-order valence-electron chi connectivity index (χ4n) is 5.03. The van der Waals surface area contributed by atoms with Gasteiger partial charge in [0.25, 0.3) is 0 Å². The predicted molar refractivity (Wildman–Crippen MR) is 129 cm³/mol. The number of nitrogens with zero attached hydrogens (tertiary/aromatic N) is 2. The molecule has 0 spiro atoms. The molecule has 2 aromatic carbocycles. The molecular formula is C26H34N4O2. The summed E-state index contributed by atoms with van der Waals surface area (Å²) in [6.45, 7) is 7.50. The van der Waals surface area contributed by atoms with Crippen LogP contribution in [0.15, 0.2) is 36.4 Å². The van der Waals surface area contributed by atoms with E-state index in [-0.39, 0.29) is 6.04 Å². The zero-order valence-corrected chi connectivity index (χ0v) is 19.4. The van der Waals surface area contributed by atoms with E-state index in [1.165, 1.54) is 29.7 Å². The third-order valence-corrected chi connectivity index (χ3v) is 6.56. The summed E-state index contributed by atoms with van der Waals surface area (Å²) >= 11 is 0. The van der Waals surface area contributed by atoms with Crippen molar-refractivity contribution >= 4 is 23.2 Å². The van der Waals surface area contributed by atoms with E-state index in [0.717, 1.165) is 43.6 Å². The minimum atomic E-state index is -0.623. The van der Waals surface area contributed by atoms with Crippen molar-refractivity contribution in [3.8, 4) is 0 Å². The van der Waals surface area contributed by atoms with Crippen LogP contribution in [-0.4, -0.2) is 49.9 Å². The van der Waals surface area contributed by atoms with Crippen LogP contribution in [0.2, 0.25) is 0 Å². The van der Waals surface area contributed by atoms with Crippen LogP contribution in [-0.2, 0) is 16.0 Å². The average molecular weight is 435 g/mol. The molecule has 2 N–H and O–H groups in total. The molecule has 1 fully saturated rings. The van der Waals surface area contributed by atoms with Gasteiger partial charge in [0.05, 0.1) is 6.04 Å². The first-order chi connectivity index (χ1) is 15.4. The molecule has 170 valence electrons. The summed E-state index contributed by atoms with van der Waals surface area (Å²) in [7, 11) is 2.14. The molecule has 2 amide bonds. The van der Waals surface area contributed by atoms with Crippen molar-refractivity contribution in [2.24, 2.45) is 0 Å². The summed E-state index contributed by atoms with van der Waals surface area (Å²) < 4.78 is 0. The highest BCUT2D eigenvalue weighted by molar-refractivity contribution is 6.39. The van der Waals surface area contributed by atoms with Gasteiger partial charge in [0.2, 0.25) is 0 Å². The minimum absolute atomic E-state index is 0.0768. The monoisotopic (exact) mass is 434 g/mol. The molecule has 0 aliphatic carbocycles. The Balaban J connectivity index is 1.45. The molecule has 6 heteroatoms. The van der Waals surface area contributed by atoms with E-state index < -0.39 is 11.8 Å². The first kappa shape index (κ1) is 22.3. The zero-order chi connectivity index (χ0) is 22.7. The van der Waals surface area contributed by atoms with Gasteiger partial charge in [0.1, 0.15) is 0 Å². The van der Waals surface area contributed by atoms with Gasteiger partial charge in [0, 0.05) is 31.5 Å². The van der Waals surface area contributed by atoms with Crippen molar-refractivity contribution < 1.29 is 9.59 Å². The molecule has 2 aliphatic rings. The number of nitrogens with one attached hydrogen (secondary N) is 2. The molecule has 1 saturated heterocycles. The molecule has 2 aliphatic heterocycles. The Hall–Kier alpha value is -2.86. The summed E-state index contributed by atoms with van der Waals surface area (Å²) in [5.41, 5.74) is 6.64. The number of hydrogen-bond acceptors (Lipinski definition) is 4. The number of carbonyl (C=O) groups is 2. The molecule has 0 bridgehead atoms. The first-order valence-corrected chi connectivity index (χ1v) is 11.7. The van der Waals surface area contributed by atoms with Crippen molar-refractivity contribution in [1.82, 2.24) is 10.2 Å². The highest BCUT2D eigenvalue weighted by Gasteiger charge is 2.26. The van der Waals surface area contributed by atoms with E-state index in [4.69, 9.17) is 0 Å². The molecule has 32 heavy (non-hydrogen) atoms. The molecule has 2 heterocycles. The molecule has 6 nitrogen and oxygen atoms in total. The maximum atomic E-state index is 12.6. The normalized spacial score (nSPS) is 17.0. The average Bonchev–Trinajstić information content (AvgIpc) is 3.27. The van der Waals surface area contributed by atoms with Crippen LogP contribution in [0.1, 0.15) is 47.6 Å². The van der Waals surface area contributed by atoms with E-state index in [9.17, 15) is 9.59 Å². The number of benzene rings is 2. The highest BCUT2D eigenvalue weighted by Crippen LogP contribution is 2.31. The Morgan fingerprint density at radius 2 is 1.66 bits per heavy atom. The molecule has 2 aromatic rings. The van der Waals surface area contributed by atoms with E-state index >= 15 is 0 Å². The lowest BCUT2D eigenvalue weighted by atomic mass is 9.96. The highest BCUT2D eigenvalue weighted by atomic mass is 16.2. The number of carbonyl (C=O) groups excluding carboxylic acids is 2. The van der Waals surface area contributed by atoms with Crippen LogP contribution in [0.4, 0.5) is 11.4 Å². The molecular weight excluding hydrogens is 400 g/mol. The maximum absolute atomic E-state index is 12.6. The standard InChI is InChI=1S/C26H34N4O2/c1-18-13-19(2)15-22(14-18)28-26(32)25(31)27-17-24(30-11-4-5-12-30)21-8-9-23-20(16-21)7-6-10-29(23)3/h8-9,13-16,24H,4-7,10-12,17H2,1-3H3,(H,27,31)(H,28,32). The van der Waals surface area contributed by atoms with Gasteiger partial charge >= 0.3 is 11.8 Å². The van der Waals surface area contributed by atoms with Crippen LogP contribution in [0.5, 0.6) is 0 Å². The minimum Gasteiger partial charge on any atom is -0.374 e. The summed E-state index contributed by atoms with van der Waals surface area (Å²) in [6, 6.07) is 12.5. The van der Waals surface area contributed by atoms with Crippen LogP contribution >= 0.6 is 0 Å². The Bertz CT molecular complexity index is 977. The second-order valence-corrected chi connectivity index (χ2v) is 9.21.